The molecule has 1 atom stereocenters. The van der Waals surface area contributed by atoms with E-state index in [4.69, 9.17) is 10.8 Å². The molecule has 0 saturated carbocycles. The summed E-state index contributed by atoms with van der Waals surface area (Å²) in [5.74, 6) is -0.431. The van der Waals surface area contributed by atoms with Crippen LogP contribution in [0.4, 0.5) is 0 Å². The number of rotatable bonds is 5. The second-order valence-electron chi connectivity index (χ2n) is 3.91. The SMILES string of the molecule is NC(=O)C1CCN(C(=O)CCCCO)C1. The first-order valence-electron chi connectivity index (χ1n) is 5.33. The molecule has 86 valence electrons. The lowest BCUT2D eigenvalue weighted by atomic mass is 10.1. The second-order valence-corrected chi connectivity index (χ2v) is 3.91. The molecule has 0 radical (unpaired) electrons. The summed E-state index contributed by atoms with van der Waals surface area (Å²) in [4.78, 5) is 24.1. The smallest absolute Gasteiger partial charge is 0.222 e. The van der Waals surface area contributed by atoms with Crippen LogP contribution in [-0.4, -0.2) is 41.5 Å². The minimum atomic E-state index is -0.319. The third-order valence-corrected chi connectivity index (χ3v) is 2.74. The van der Waals surface area contributed by atoms with Crippen molar-refractivity contribution in [3.05, 3.63) is 0 Å². The number of amides is 2. The third-order valence-electron chi connectivity index (χ3n) is 2.74. The van der Waals surface area contributed by atoms with Crippen LogP contribution in [0.2, 0.25) is 0 Å². The molecular formula is C10H18N2O3. The monoisotopic (exact) mass is 214 g/mol. The van der Waals surface area contributed by atoms with E-state index in [0.717, 1.165) is 0 Å². The van der Waals surface area contributed by atoms with Gasteiger partial charge in [0, 0.05) is 26.1 Å². The average molecular weight is 214 g/mol. The maximum atomic E-state index is 11.6. The highest BCUT2D eigenvalue weighted by Gasteiger charge is 2.28. The van der Waals surface area contributed by atoms with E-state index in [0.29, 0.717) is 38.8 Å². The highest BCUT2D eigenvalue weighted by molar-refractivity contribution is 5.80. The zero-order valence-electron chi connectivity index (χ0n) is 8.82. The zero-order valence-corrected chi connectivity index (χ0v) is 8.82. The van der Waals surface area contributed by atoms with Gasteiger partial charge in [-0.3, -0.25) is 9.59 Å². The van der Waals surface area contributed by atoms with Crippen LogP contribution in [0.15, 0.2) is 0 Å². The van der Waals surface area contributed by atoms with Crippen molar-refractivity contribution in [2.45, 2.75) is 25.7 Å². The van der Waals surface area contributed by atoms with Gasteiger partial charge in [0.25, 0.3) is 0 Å². The highest BCUT2D eigenvalue weighted by atomic mass is 16.3. The molecule has 0 aliphatic carbocycles. The number of hydrogen-bond donors (Lipinski definition) is 2. The van der Waals surface area contributed by atoms with Gasteiger partial charge in [0.15, 0.2) is 0 Å². The normalized spacial score (nSPS) is 20.6. The van der Waals surface area contributed by atoms with Crippen molar-refractivity contribution in [3.63, 3.8) is 0 Å². The van der Waals surface area contributed by atoms with E-state index in [1.165, 1.54) is 0 Å². The maximum Gasteiger partial charge on any atom is 0.222 e. The molecule has 0 spiro atoms. The van der Waals surface area contributed by atoms with E-state index in [2.05, 4.69) is 0 Å². The third kappa shape index (κ3) is 3.51. The molecule has 15 heavy (non-hydrogen) atoms. The van der Waals surface area contributed by atoms with Crippen molar-refractivity contribution in [2.75, 3.05) is 19.7 Å². The molecule has 5 heteroatoms. The molecule has 2 amide bonds. The van der Waals surface area contributed by atoms with E-state index in [1.54, 1.807) is 4.90 Å². The van der Waals surface area contributed by atoms with Crippen LogP contribution in [0.5, 0.6) is 0 Å². The second kappa shape index (κ2) is 5.70. The fraction of sp³-hybridized carbons (Fsp3) is 0.800. The predicted octanol–water partition coefficient (Wildman–Crippen LogP) is -0.517. The number of hydrogen-bond acceptors (Lipinski definition) is 3. The topological polar surface area (TPSA) is 83.6 Å². The number of aliphatic hydroxyl groups is 1. The Morgan fingerprint density at radius 3 is 2.67 bits per heavy atom. The Morgan fingerprint density at radius 1 is 1.40 bits per heavy atom. The van der Waals surface area contributed by atoms with Gasteiger partial charge in [-0.1, -0.05) is 0 Å². The molecule has 1 fully saturated rings. The van der Waals surface area contributed by atoms with Crippen molar-refractivity contribution in [1.82, 2.24) is 4.90 Å². The molecule has 1 aliphatic rings. The van der Waals surface area contributed by atoms with E-state index in [9.17, 15) is 9.59 Å². The number of likely N-dealkylation sites (tertiary alicyclic amines) is 1. The fourth-order valence-corrected chi connectivity index (χ4v) is 1.77. The van der Waals surface area contributed by atoms with Crippen LogP contribution in [-0.2, 0) is 9.59 Å². The zero-order chi connectivity index (χ0) is 11.3. The first kappa shape index (κ1) is 12.0. The summed E-state index contributed by atoms with van der Waals surface area (Å²) in [6, 6.07) is 0. The van der Waals surface area contributed by atoms with Gasteiger partial charge >= 0.3 is 0 Å². The highest BCUT2D eigenvalue weighted by Crippen LogP contribution is 2.17. The Hall–Kier alpha value is -1.10. The van der Waals surface area contributed by atoms with Gasteiger partial charge in [-0.05, 0) is 19.3 Å². The molecule has 0 aromatic rings. The van der Waals surface area contributed by atoms with Crippen molar-refractivity contribution in [1.29, 1.82) is 0 Å². The van der Waals surface area contributed by atoms with Crippen LogP contribution < -0.4 is 5.73 Å². The summed E-state index contributed by atoms with van der Waals surface area (Å²) in [5, 5.41) is 8.57. The minimum Gasteiger partial charge on any atom is -0.396 e. The van der Waals surface area contributed by atoms with Crippen LogP contribution in [0.25, 0.3) is 0 Å². The lowest BCUT2D eigenvalue weighted by Crippen LogP contribution is -2.31. The molecule has 5 nitrogen and oxygen atoms in total. The molecule has 0 aromatic carbocycles. The van der Waals surface area contributed by atoms with E-state index < -0.39 is 0 Å². The number of nitrogens with zero attached hydrogens (tertiary/aromatic N) is 1. The quantitative estimate of drug-likeness (QED) is 0.604. The van der Waals surface area contributed by atoms with Crippen LogP contribution in [0.1, 0.15) is 25.7 Å². The molecule has 1 aliphatic heterocycles. The number of aliphatic hydroxyl groups excluding tert-OH is 1. The van der Waals surface area contributed by atoms with Gasteiger partial charge < -0.3 is 15.7 Å². The molecule has 0 aromatic heterocycles. The van der Waals surface area contributed by atoms with E-state index in [-0.39, 0.29) is 24.3 Å². The number of carbonyl (C=O) groups is 2. The fourth-order valence-electron chi connectivity index (χ4n) is 1.77. The van der Waals surface area contributed by atoms with E-state index >= 15 is 0 Å². The Kier molecular flexibility index (Phi) is 4.55. The van der Waals surface area contributed by atoms with Crippen molar-refractivity contribution in [3.8, 4) is 0 Å². The first-order chi connectivity index (χ1) is 7.15. The number of unbranched alkanes of at least 4 members (excludes halogenated alkanes) is 1. The van der Waals surface area contributed by atoms with Gasteiger partial charge in [-0.15, -0.1) is 0 Å². The average Bonchev–Trinajstić information content (AvgIpc) is 2.66. The van der Waals surface area contributed by atoms with Crippen molar-refractivity contribution in [2.24, 2.45) is 11.7 Å². The van der Waals surface area contributed by atoms with Crippen LogP contribution >= 0.6 is 0 Å². The lowest BCUT2D eigenvalue weighted by Gasteiger charge is -2.15. The lowest BCUT2D eigenvalue weighted by molar-refractivity contribution is -0.130. The standard InChI is InChI=1S/C10H18N2O3/c11-10(15)8-4-5-12(7-8)9(14)3-1-2-6-13/h8,13H,1-7H2,(H2,11,15). The Labute approximate surface area is 89.2 Å². The largest absolute Gasteiger partial charge is 0.396 e. The first-order valence-corrected chi connectivity index (χ1v) is 5.33. The summed E-state index contributed by atoms with van der Waals surface area (Å²) in [6.07, 6.45) is 2.49. The molecule has 1 unspecified atom stereocenters. The summed E-state index contributed by atoms with van der Waals surface area (Å²) < 4.78 is 0. The number of carbonyl (C=O) groups excluding carboxylic acids is 2. The summed E-state index contributed by atoms with van der Waals surface area (Å²) in [6.45, 7) is 1.22. The van der Waals surface area contributed by atoms with Gasteiger partial charge in [-0.25, -0.2) is 0 Å². The molecule has 1 heterocycles. The molecular weight excluding hydrogens is 196 g/mol. The van der Waals surface area contributed by atoms with Gasteiger partial charge in [0.2, 0.25) is 11.8 Å². The molecule has 1 rings (SSSR count). The summed E-state index contributed by atoms with van der Waals surface area (Å²) >= 11 is 0. The Morgan fingerprint density at radius 2 is 2.13 bits per heavy atom. The van der Waals surface area contributed by atoms with Crippen LogP contribution in [0.3, 0.4) is 0 Å². The number of nitrogens with two attached hydrogens (primary N) is 1. The Balaban J connectivity index is 2.27. The molecule has 1 saturated heterocycles. The molecule has 0 bridgehead atoms. The van der Waals surface area contributed by atoms with Gasteiger partial charge in [-0.2, -0.15) is 0 Å². The maximum absolute atomic E-state index is 11.6. The molecule has 3 N–H and O–H groups in total. The Bertz CT molecular complexity index is 243. The van der Waals surface area contributed by atoms with Gasteiger partial charge in [0.05, 0.1) is 5.92 Å². The predicted molar refractivity (Wildman–Crippen MR) is 54.8 cm³/mol. The van der Waals surface area contributed by atoms with Gasteiger partial charge in [0.1, 0.15) is 0 Å². The summed E-state index contributed by atoms with van der Waals surface area (Å²) in [7, 11) is 0. The van der Waals surface area contributed by atoms with Crippen LogP contribution in [0, 0.1) is 5.92 Å². The van der Waals surface area contributed by atoms with E-state index in [1.807, 2.05) is 0 Å². The summed E-state index contributed by atoms with van der Waals surface area (Å²) in [5.41, 5.74) is 5.17. The van der Waals surface area contributed by atoms with Crippen molar-refractivity contribution < 1.29 is 14.7 Å². The number of primary amides is 1. The minimum absolute atomic E-state index is 0.0622. The van der Waals surface area contributed by atoms with Crippen molar-refractivity contribution >= 4 is 11.8 Å².